The van der Waals surface area contributed by atoms with E-state index in [2.05, 4.69) is 0 Å². The maximum atomic E-state index is 11.0. The number of halogens is 2. The van der Waals surface area contributed by atoms with E-state index in [1.807, 2.05) is 97.1 Å². The van der Waals surface area contributed by atoms with Crippen LogP contribution in [0.1, 0.15) is 23.3 Å². The second-order valence-corrected chi connectivity index (χ2v) is 10.8. The van der Waals surface area contributed by atoms with Crippen LogP contribution in [0.2, 0.25) is 10.0 Å². The highest BCUT2D eigenvalue weighted by molar-refractivity contribution is 6.31. The van der Waals surface area contributed by atoms with E-state index in [1.165, 1.54) is 0 Å². The quantitative estimate of drug-likeness (QED) is 0.175. The maximum absolute atomic E-state index is 11.0. The van der Waals surface area contributed by atoms with Crippen molar-refractivity contribution in [1.29, 1.82) is 0 Å². The molecule has 6 rings (SSSR count). The molecule has 0 spiro atoms. The smallest absolute Gasteiger partial charge is 0.128 e. The lowest BCUT2D eigenvalue weighted by atomic mass is 9.92. The molecule has 0 fully saturated rings. The van der Waals surface area contributed by atoms with Gasteiger partial charge in [0.2, 0.25) is 0 Å². The molecule has 0 aliphatic heterocycles. The molecule has 6 aromatic rings. The summed E-state index contributed by atoms with van der Waals surface area (Å²) in [5.74, 6) is 1.18. The predicted molar refractivity (Wildman–Crippen MR) is 171 cm³/mol. The van der Waals surface area contributed by atoms with Crippen LogP contribution >= 0.6 is 23.2 Å². The first-order valence-electron chi connectivity index (χ1n) is 13.7. The fourth-order valence-electron chi connectivity index (χ4n) is 5.27. The van der Waals surface area contributed by atoms with E-state index in [9.17, 15) is 10.2 Å². The highest BCUT2D eigenvalue weighted by Gasteiger charge is 2.22. The summed E-state index contributed by atoms with van der Waals surface area (Å²) in [6.45, 7) is 0.00248. The highest BCUT2D eigenvalue weighted by Crippen LogP contribution is 2.46. The Hall–Kier alpha value is -4.06. The summed E-state index contributed by atoms with van der Waals surface area (Å²) < 4.78 is 12.7. The normalized spacial score (nSPS) is 12.8. The summed E-state index contributed by atoms with van der Waals surface area (Å²) in [6, 6.07) is 38.4. The lowest BCUT2D eigenvalue weighted by molar-refractivity contribution is 0.107. The second-order valence-electron chi connectivity index (χ2n) is 10.0. The van der Waals surface area contributed by atoms with Gasteiger partial charge in [-0.2, -0.15) is 0 Å². The van der Waals surface area contributed by atoms with Crippen molar-refractivity contribution in [2.75, 3.05) is 13.2 Å². The van der Waals surface area contributed by atoms with Crippen molar-refractivity contribution in [2.24, 2.45) is 0 Å². The molecule has 0 aliphatic carbocycles. The SMILES string of the molecule is O[C@@H](COc1ccc2ccccc2c1-c1c(OC[C@H](O)c2ccccc2Cl)ccc2ccccc12)c1ccccc1Cl. The molecule has 0 saturated carbocycles. The van der Waals surface area contributed by atoms with E-state index >= 15 is 0 Å². The monoisotopic (exact) mass is 594 g/mol. The van der Waals surface area contributed by atoms with Crippen LogP contribution < -0.4 is 9.47 Å². The minimum atomic E-state index is -0.924. The van der Waals surface area contributed by atoms with Gasteiger partial charge in [-0.05, 0) is 45.8 Å². The molecule has 0 aliphatic rings. The van der Waals surface area contributed by atoms with Crippen LogP contribution in [0.25, 0.3) is 32.7 Å². The van der Waals surface area contributed by atoms with Gasteiger partial charge in [0.25, 0.3) is 0 Å². The standard InChI is InChI=1S/C36H28Cl2O4/c37-29-15-7-5-13-27(29)31(39)21-41-33-19-17-23-9-1-3-11-25(23)35(33)36-26-12-4-2-10-24(26)18-20-34(36)42-22-32(40)28-14-6-8-16-30(28)38/h1-20,31-32,39-40H,21-22H2/t31-,32-/m0/s1. The van der Waals surface area contributed by atoms with Crippen LogP contribution in [0.3, 0.4) is 0 Å². The van der Waals surface area contributed by atoms with Crippen molar-refractivity contribution in [3.8, 4) is 22.6 Å². The largest absolute Gasteiger partial charge is 0.490 e. The molecular formula is C36H28Cl2O4. The third-order valence-electron chi connectivity index (χ3n) is 7.35. The topological polar surface area (TPSA) is 58.9 Å². The Morgan fingerprint density at radius 2 is 0.857 bits per heavy atom. The van der Waals surface area contributed by atoms with Gasteiger partial charge in [0, 0.05) is 32.3 Å². The second kappa shape index (κ2) is 12.4. The molecule has 210 valence electrons. The zero-order valence-corrected chi connectivity index (χ0v) is 24.1. The number of aliphatic hydroxyl groups is 2. The van der Waals surface area contributed by atoms with Crippen LogP contribution in [0.5, 0.6) is 11.5 Å². The van der Waals surface area contributed by atoms with E-state index in [-0.39, 0.29) is 13.2 Å². The molecule has 42 heavy (non-hydrogen) atoms. The number of aliphatic hydroxyl groups excluding tert-OH is 2. The van der Waals surface area contributed by atoms with Crippen LogP contribution in [-0.2, 0) is 0 Å². The number of rotatable bonds is 9. The number of ether oxygens (including phenoxy) is 2. The Labute approximate surface area is 254 Å². The molecule has 4 nitrogen and oxygen atoms in total. The van der Waals surface area contributed by atoms with Gasteiger partial charge in [-0.1, -0.05) is 120 Å². The highest BCUT2D eigenvalue weighted by atomic mass is 35.5. The number of fused-ring (bicyclic) bond motifs is 2. The molecule has 2 N–H and O–H groups in total. The maximum Gasteiger partial charge on any atom is 0.128 e. The van der Waals surface area contributed by atoms with Crippen molar-refractivity contribution in [1.82, 2.24) is 0 Å². The fraction of sp³-hybridized carbons (Fsp3) is 0.111. The van der Waals surface area contributed by atoms with Gasteiger partial charge in [-0.3, -0.25) is 0 Å². The lowest BCUT2D eigenvalue weighted by Gasteiger charge is -2.22. The fourth-order valence-corrected chi connectivity index (χ4v) is 5.79. The summed E-state index contributed by atoms with van der Waals surface area (Å²) in [5, 5.41) is 26.9. The first kappa shape index (κ1) is 28.1. The van der Waals surface area contributed by atoms with E-state index in [0.717, 1.165) is 32.7 Å². The molecule has 0 unspecified atom stereocenters. The van der Waals surface area contributed by atoms with E-state index < -0.39 is 12.2 Å². The van der Waals surface area contributed by atoms with Gasteiger partial charge in [0.15, 0.2) is 0 Å². The van der Waals surface area contributed by atoms with Crippen LogP contribution in [0, 0.1) is 0 Å². The van der Waals surface area contributed by atoms with E-state index in [0.29, 0.717) is 32.7 Å². The first-order chi connectivity index (χ1) is 20.5. The third-order valence-corrected chi connectivity index (χ3v) is 8.04. The van der Waals surface area contributed by atoms with Crippen LogP contribution in [0.4, 0.5) is 0 Å². The van der Waals surface area contributed by atoms with Crippen molar-refractivity contribution in [3.63, 3.8) is 0 Å². The molecule has 0 bridgehead atoms. The number of benzene rings is 6. The third kappa shape index (κ3) is 5.67. The van der Waals surface area contributed by atoms with Gasteiger partial charge in [-0.15, -0.1) is 0 Å². The van der Waals surface area contributed by atoms with E-state index in [1.54, 1.807) is 24.3 Å². The van der Waals surface area contributed by atoms with Gasteiger partial charge >= 0.3 is 0 Å². The zero-order valence-electron chi connectivity index (χ0n) is 22.6. The zero-order chi connectivity index (χ0) is 29.1. The molecule has 6 aromatic carbocycles. The van der Waals surface area contributed by atoms with E-state index in [4.69, 9.17) is 32.7 Å². The minimum Gasteiger partial charge on any atom is -0.490 e. The average molecular weight is 596 g/mol. The molecule has 2 atom stereocenters. The number of hydrogen-bond donors (Lipinski definition) is 2. The molecule has 0 aromatic heterocycles. The Morgan fingerprint density at radius 1 is 0.476 bits per heavy atom. The van der Waals surface area contributed by atoms with Crippen molar-refractivity contribution < 1.29 is 19.7 Å². The van der Waals surface area contributed by atoms with Crippen molar-refractivity contribution >= 4 is 44.7 Å². The molecular weight excluding hydrogens is 567 g/mol. The number of hydrogen-bond acceptors (Lipinski definition) is 4. The first-order valence-corrected chi connectivity index (χ1v) is 14.4. The van der Waals surface area contributed by atoms with Gasteiger partial charge < -0.3 is 19.7 Å². The Bertz CT molecular complexity index is 1730. The Balaban J connectivity index is 1.45. The van der Waals surface area contributed by atoms with Gasteiger partial charge in [-0.25, -0.2) is 0 Å². The molecule has 0 amide bonds. The van der Waals surface area contributed by atoms with Gasteiger partial charge in [0.05, 0.1) is 0 Å². The average Bonchev–Trinajstić information content (AvgIpc) is 3.02. The van der Waals surface area contributed by atoms with Gasteiger partial charge in [0.1, 0.15) is 36.9 Å². The van der Waals surface area contributed by atoms with Crippen molar-refractivity contribution in [3.05, 3.63) is 142 Å². The van der Waals surface area contributed by atoms with Crippen LogP contribution in [0.15, 0.2) is 121 Å². The Morgan fingerprint density at radius 3 is 1.29 bits per heavy atom. The molecule has 0 radical (unpaired) electrons. The summed E-state index contributed by atoms with van der Waals surface area (Å²) in [5.41, 5.74) is 2.87. The van der Waals surface area contributed by atoms with Crippen LogP contribution in [-0.4, -0.2) is 23.4 Å². The Kier molecular flexibility index (Phi) is 8.31. The molecule has 0 saturated heterocycles. The predicted octanol–water partition coefficient (Wildman–Crippen LogP) is 9.19. The summed E-state index contributed by atoms with van der Waals surface area (Å²) in [7, 11) is 0. The summed E-state index contributed by atoms with van der Waals surface area (Å²) >= 11 is 12.7. The minimum absolute atomic E-state index is 0.00124. The van der Waals surface area contributed by atoms with Crippen molar-refractivity contribution in [2.45, 2.75) is 12.2 Å². The summed E-state index contributed by atoms with van der Waals surface area (Å²) in [6.07, 6.45) is -1.85. The lowest BCUT2D eigenvalue weighted by Crippen LogP contribution is -2.12. The molecule has 6 heteroatoms. The molecule has 0 heterocycles. The summed E-state index contributed by atoms with van der Waals surface area (Å²) in [4.78, 5) is 0.